The zero-order chi connectivity index (χ0) is 22.1. The molecule has 1 unspecified atom stereocenters. The second kappa shape index (κ2) is 11.1. The molecule has 0 spiro atoms. The van der Waals surface area contributed by atoms with Crippen molar-refractivity contribution in [2.24, 2.45) is 11.5 Å². The van der Waals surface area contributed by atoms with Crippen LogP contribution in [0.5, 0.6) is 0 Å². The summed E-state index contributed by atoms with van der Waals surface area (Å²) in [6, 6.07) is 6.83. The number of benzene rings is 1. The summed E-state index contributed by atoms with van der Waals surface area (Å²) in [7, 11) is 0. The highest BCUT2D eigenvalue weighted by Gasteiger charge is 2.37. The molecule has 30 heavy (non-hydrogen) atoms. The Kier molecular flexibility index (Phi) is 8.60. The molecule has 0 aliphatic carbocycles. The van der Waals surface area contributed by atoms with Crippen LogP contribution in [0.15, 0.2) is 30.3 Å². The fraction of sp³-hybridized carbons (Fsp3) is 0.500. The summed E-state index contributed by atoms with van der Waals surface area (Å²) in [5, 5.41) is 21.6. The molecule has 8 N–H and O–H groups in total. The maximum Gasteiger partial charge on any atom is 0.326 e. The number of carboxylic acids is 1. The van der Waals surface area contributed by atoms with Crippen molar-refractivity contribution < 1.29 is 19.5 Å². The van der Waals surface area contributed by atoms with Crippen molar-refractivity contribution in [2.75, 3.05) is 13.1 Å². The number of hydrogen-bond donors (Lipinski definition) is 6. The van der Waals surface area contributed by atoms with Crippen molar-refractivity contribution in [3.63, 3.8) is 0 Å². The van der Waals surface area contributed by atoms with Crippen molar-refractivity contribution in [1.82, 2.24) is 15.5 Å². The van der Waals surface area contributed by atoms with Crippen LogP contribution in [0.4, 0.5) is 0 Å². The predicted octanol–water partition coefficient (Wildman–Crippen LogP) is -0.620. The first-order valence-electron chi connectivity index (χ1n) is 10.0. The predicted molar refractivity (Wildman–Crippen MR) is 112 cm³/mol. The molecule has 1 aliphatic heterocycles. The monoisotopic (exact) mass is 418 g/mol. The fourth-order valence-electron chi connectivity index (χ4n) is 3.53. The fourth-order valence-corrected chi connectivity index (χ4v) is 3.53. The van der Waals surface area contributed by atoms with E-state index in [2.05, 4.69) is 10.6 Å². The lowest BCUT2D eigenvalue weighted by molar-refractivity contribution is -0.144. The van der Waals surface area contributed by atoms with Crippen LogP contribution in [0, 0.1) is 5.41 Å². The van der Waals surface area contributed by atoms with Gasteiger partial charge in [-0.3, -0.25) is 15.0 Å². The Bertz CT molecular complexity index is 757. The molecule has 1 heterocycles. The lowest BCUT2D eigenvalue weighted by Gasteiger charge is -2.28. The smallest absolute Gasteiger partial charge is 0.326 e. The first-order valence-corrected chi connectivity index (χ1v) is 10.0. The molecule has 1 fully saturated rings. The number of carbonyl (C=O) groups excluding carboxylic acids is 2. The van der Waals surface area contributed by atoms with E-state index in [1.54, 1.807) is 0 Å². The van der Waals surface area contributed by atoms with Crippen molar-refractivity contribution in [3.05, 3.63) is 35.9 Å². The average molecular weight is 418 g/mol. The third-order valence-electron chi connectivity index (χ3n) is 5.05. The largest absolute Gasteiger partial charge is 0.480 e. The summed E-state index contributed by atoms with van der Waals surface area (Å²) in [6.07, 6.45) is 2.07. The molecule has 164 valence electrons. The van der Waals surface area contributed by atoms with E-state index in [1.165, 1.54) is 4.90 Å². The third-order valence-corrected chi connectivity index (χ3v) is 5.05. The van der Waals surface area contributed by atoms with Gasteiger partial charge < -0.3 is 32.1 Å². The van der Waals surface area contributed by atoms with E-state index in [0.717, 1.165) is 5.56 Å². The number of likely N-dealkylation sites (tertiary alicyclic amines) is 1. The Morgan fingerprint density at radius 3 is 2.60 bits per heavy atom. The maximum atomic E-state index is 12.8. The number of nitrogens with zero attached hydrogens (tertiary/aromatic N) is 1. The Morgan fingerprint density at radius 2 is 1.97 bits per heavy atom. The summed E-state index contributed by atoms with van der Waals surface area (Å²) in [5.74, 6) is -2.14. The lowest BCUT2D eigenvalue weighted by Crippen LogP contribution is -2.54. The molecule has 2 amide bonds. The second-order valence-corrected chi connectivity index (χ2v) is 7.37. The van der Waals surface area contributed by atoms with Crippen LogP contribution in [0.2, 0.25) is 0 Å². The van der Waals surface area contributed by atoms with Crippen molar-refractivity contribution in [1.29, 1.82) is 5.41 Å². The first-order chi connectivity index (χ1) is 14.3. The molecular formula is C20H30N6O4. The molecule has 2 rings (SSSR count). The molecule has 0 radical (unpaired) electrons. The minimum absolute atomic E-state index is 0.176. The summed E-state index contributed by atoms with van der Waals surface area (Å²) >= 11 is 0. The zero-order valence-electron chi connectivity index (χ0n) is 16.8. The van der Waals surface area contributed by atoms with Gasteiger partial charge in [0.25, 0.3) is 0 Å². The minimum Gasteiger partial charge on any atom is -0.480 e. The van der Waals surface area contributed by atoms with E-state index < -0.39 is 30.0 Å². The van der Waals surface area contributed by atoms with Crippen LogP contribution in [-0.2, 0) is 20.8 Å². The number of rotatable bonds is 10. The van der Waals surface area contributed by atoms with Gasteiger partial charge in [0.1, 0.15) is 12.1 Å². The molecular weight excluding hydrogens is 388 g/mol. The Balaban J connectivity index is 1.93. The Morgan fingerprint density at radius 1 is 1.27 bits per heavy atom. The van der Waals surface area contributed by atoms with E-state index in [4.69, 9.17) is 16.9 Å². The van der Waals surface area contributed by atoms with Crippen LogP contribution >= 0.6 is 0 Å². The van der Waals surface area contributed by atoms with Gasteiger partial charge in [0.2, 0.25) is 11.8 Å². The van der Waals surface area contributed by atoms with Crippen LogP contribution in [0.3, 0.4) is 0 Å². The molecule has 1 aromatic carbocycles. The van der Waals surface area contributed by atoms with Gasteiger partial charge in [0.15, 0.2) is 5.96 Å². The zero-order valence-corrected chi connectivity index (χ0v) is 16.8. The highest BCUT2D eigenvalue weighted by atomic mass is 16.4. The van der Waals surface area contributed by atoms with Gasteiger partial charge >= 0.3 is 5.97 Å². The van der Waals surface area contributed by atoms with E-state index in [9.17, 15) is 19.5 Å². The van der Waals surface area contributed by atoms with E-state index in [1.807, 2.05) is 30.3 Å². The summed E-state index contributed by atoms with van der Waals surface area (Å²) in [5.41, 5.74) is 12.2. The van der Waals surface area contributed by atoms with Gasteiger partial charge in [-0.1, -0.05) is 30.3 Å². The molecule has 0 bridgehead atoms. The summed E-state index contributed by atoms with van der Waals surface area (Å²) < 4.78 is 0. The van der Waals surface area contributed by atoms with Gasteiger partial charge in [-0.15, -0.1) is 0 Å². The molecule has 0 saturated carbocycles. The summed E-state index contributed by atoms with van der Waals surface area (Å²) in [6.45, 7) is 0.747. The first kappa shape index (κ1) is 23.1. The number of aliphatic carboxylic acids is 1. The standard InChI is InChI=1S/C20H30N6O4/c21-14(12-13-6-2-1-3-7-13)18(28)26-11-5-9-16(26)17(27)25-15(19(29)30)8-4-10-24-20(22)23/h1-3,6-7,14-16H,4-5,8-12,21H2,(H,25,27)(H,29,30)(H4,22,23,24)/t14?,15-,16-/m0/s1. The number of amides is 2. The second-order valence-electron chi connectivity index (χ2n) is 7.37. The quantitative estimate of drug-likeness (QED) is 0.167. The molecule has 10 nitrogen and oxygen atoms in total. The number of nitrogens with one attached hydrogen (secondary N) is 3. The molecule has 3 atom stereocenters. The van der Waals surface area contributed by atoms with Gasteiger partial charge in [-0.2, -0.15) is 0 Å². The van der Waals surface area contributed by atoms with Crippen molar-refractivity contribution in [3.8, 4) is 0 Å². The van der Waals surface area contributed by atoms with E-state index in [-0.39, 0.29) is 18.3 Å². The van der Waals surface area contributed by atoms with Crippen LogP contribution in [0.1, 0.15) is 31.2 Å². The van der Waals surface area contributed by atoms with Crippen LogP contribution in [-0.4, -0.2) is 65.0 Å². The van der Waals surface area contributed by atoms with Crippen molar-refractivity contribution >= 4 is 23.7 Å². The minimum atomic E-state index is -1.15. The lowest BCUT2D eigenvalue weighted by atomic mass is 10.0. The molecule has 1 aliphatic rings. The molecule has 1 aromatic rings. The van der Waals surface area contributed by atoms with Crippen LogP contribution in [0.25, 0.3) is 0 Å². The molecule has 1 saturated heterocycles. The molecule has 0 aromatic heterocycles. The van der Waals surface area contributed by atoms with E-state index >= 15 is 0 Å². The van der Waals surface area contributed by atoms with Gasteiger partial charge in [-0.05, 0) is 37.7 Å². The average Bonchev–Trinajstić information content (AvgIpc) is 3.19. The molecule has 10 heteroatoms. The number of carbonyl (C=O) groups is 3. The normalized spacial score (nSPS) is 17.8. The number of carboxylic acid groups (broad SMARTS) is 1. The number of guanidine groups is 1. The Hall–Kier alpha value is -3.14. The SMILES string of the molecule is N=C(N)NCCC[C@H](NC(=O)[C@@H]1CCCN1C(=O)C(N)Cc1ccccc1)C(=O)O. The van der Waals surface area contributed by atoms with Crippen molar-refractivity contribution in [2.45, 2.75) is 50.2 Å². The Labute approximate surface area is 175 Å². The van der Waals surface area contributed by atoms with Gasteiger partial charge in [0.05, 0.1) is 6.04 Å². The number of hydrogen-bond acceptors (Lipinski definition) is 5. The highest BCUT2D eigenvalue weighted by molar-refractivity contribution is 5.92. The van der Waals surface area contributed by atoms with E-state index in [0.29, 0.717) is 38.8 Å². The van der Waals surface area contributed by atoms with Gasteiger partial charge in [-0.25, -0.2) is 4.79 Å². The number of nitrogens with two attached hydrogens (primary N) is 2. The maximum absolute atomic E-state index is 12.8. The van der Waals surface area contributed by atoms with Crippen LogP contribution < -0.4 is 22.1 Å². The topological polar surface area (TPSA) is 175 Å². The highest BCUT2D eigenvalue weighted by Crippen LogP contribution is 2.19. The summed E-state index contributed by atoms with van der Waals surface area (Å²) in [4.78, 5) is 38.5. The third kappa shape index (κ3) is 6.73. The van der Waals surface area contributed by atoms with Gasteiger partial charge in [0, 0.05) is 13.1 Å².